The first-order chi connectivity index (χ1) is 10.1. The van der Waals surface area contributed by atoms with E-state index in [9.17, 15) is 9.90 Å². The van der Waals surface area contributed by atoms with Gasteiger partial charge in [-0.05, 0) is 12.1 Å². The maximum absolute atomic E-state index is 11.4. The minimum atomic E-state index is -1.05. The van der Waals surface area contributed by atoms with Gasteiger partial charge in [0.2, 0.25) is 0 Å². The molecule has 0 aliphatic carbocycles. The minimum Gasteiger partial charge on any atom is -0.478 e. The summed E-state index contributed by atoms with van der Waals surface area (Å²) in [5.41, 5.74) is 0.705. The number of aromatic nitrogens is 4. The van der Waals surface area contributed by atoms with E-state index in [4.69, 9.17) is 11.6 Å². The van der Waals surface area contributed by atoms with E-state index >= 15 is 0 Å². The van der Waals surface area contributed by atoms with Crippen molar-refractivity contribution in [2.75, 3.05) is 0 Å². The SMILES string of the molecule is Cn1ncc2c(Sc3ncccc3Cl)c(C(=O)O)cnc21. The first-order valence-electron chi connectivity index (χ1n) is 5.90. The quantitative estimate of drug-likeness (QED) is 0.799. The molecule has 1 N–H and O–H groups in total. The molecule has 0 fully saturated rings. The molecule has 0 saturated heterocycles. The van der Waals surface area contributed by atoms with E-state index in [2.05, 4.69) is 15.1 Å². The van der Waals surface area contributed by atoms with Crippen LogP contribution >= 0.6 is 23.4 Å². The zero-order valence-electron chi connectivity index (χ0n) is 10.8. The van der Waals surface area contributed by atoms with Crippen LogP contribution in [0.15, 0.2) is 40.6 Å². The summed E-state index contributed by atoms with van der Waals surface area (Å²) in [4.78, 5) is 20.3. The van der Waals surface area contributed by atoms with Crippen LogP contribution in [0.2, 0.25) is 5.02 Å². The third kappa shape index (κ3) is 2.45. The van der Waals surface area contributed by atoms with Crippen molar-refractivity contribution < 1.29 is 9.90 Å². The summed E-state index contributed by atoms with van der Waals surface area (Å²) in [6.07, 6.45) is 4.52. The van der Waals surface area contributed by atoms with Gasteiger partial charge in [-0.15, -0.1) is 0 Å². The van der Waals surface area contributed by atoms with E-state index in [1.54, 1.807) is 36.3 Å². The highest BCUT2D eigenvalue weighted by atomic mass is 35.5. The van der Waals surface area contributed by atoms with Crippen LogP contribution in [0.25, 0.3) is 11.0 Å². The Morgan fingerprint density at radius 1 is 1.38 bits per heavy atom. The molecular formula is C13H9ClN4O2S. The standard InChI is InChI=1S/C13H9ClN4O2S/c1-18-11-7(6-17-18)10(8(5-16-11)13(19)20)21-12-9(14)3-2-4-15-12/h2-6H,1H3,(H,19,20). The Kier molecular flexibility index (Phi) is 3.52. The average Bonchev–Trinajstić information content (AvgIpc) is 2.83. The van der Waals surface area contributed by atoms with Crippen LogP contribution in [0.1, 0.15) is 10.4 Å². The molecule has 0 unspecified atom stereocenters. The van der Waals surface area contributed by atoms with Gasteiger partial charge in [-0.25, -0.2) is 14.8 Å². The average molecular weight is 321 g/mol. The predicted octanol–water partition coefficient (Wildman–Crippen LogP) is 2.87. The minimum absolute atomic E-state index is 0.0993. The number of carboxylic acids is 1. The van der Waals surface area contributed by atoms with Gasteiger partial charge in [0.15, 0.2) is 5.65 Å². The molecule has 3 heterocycles. The Morgan fingerprint density at radius 3 is 2.90 bits per heavy atom. The van der Waals surface area contributed by atoms with E-state index in [1.807, 2.05) is 0 Å². The van der Waals surface area contributed by atoms with Crippen LogP contribution < -0.4 is 0 Å². The summed E-state index contributed by atoms with van der Waals surface area (Å²) < 4.78 is 1.59. The molecule has 21 heavy (non-hydrogen) atoms. The summed E-state index contributed by atoms with van der Waals surface area (Å²) in [5.74, 6) is -1.05. The van der Waals surface area contributed by atoms with Crippen molar-refractivity contribution in [1.29, 1.82) is 0 Å². The van der Waals surface area contributed by atoms with Crippen molar-refractivity contribution in [3.63, 3.8) is 0 Å². The van der Waals surface area contributed by atoms with Crippen molar-refractivity contribution >= 4 is 40.4 Å². The molecule has 0 radical (unpaired) electrons. The van der Waals surface area contributed by atoms with Gasteiger partial charge in [0.05, 0.1) is 22.2 Å². The molecule has 3 aromatic heterocycles. The second kappa shape index (κ2) is 5.34. The van der Waals surface area contributed by atoms with Gasteiger partial charge in [-0.3, -0.25) is 4.68 Å². The van der Waals surface area contributed by atoms with E-state index < -0.39 is 5.97 Å². The van der Waals surface area contributed by atoms with Crippen LogP contribution in [-0.2, 0) is 7.05 Å². The summed E-state index contributed by atoms with van der Waals surface area (Å²) >= 11 is 7.29. The topological polar surface area (TPSA) is 80.9 Å². The molecule has 8 heteroatoms. The Bertz CT molecular complexity index is 849. The van der Waals surface area contributed by atoms with Gasteiger partial charge >= 0.3 is 5.97 Å². The molecular weight excluding hydrogens is 312 g/mol. The third-order valence-electron chi connectivity index (χ3n) is 2.87. The second-order valence-corrected chi connectivity index (χ2v) is 5.61. The highest BCUT2D eigenvalue weighted by molar-refractivity contribution is 7.99. The van der Waals surface area contributed by atoms with Crippen molar-refractivity contribution in [2.24, 2.45) is 7.05 Å². The number of hydrogen-bond acceptors (Lipinski definition) is 5. The molecule has 0 aromatic carbocycles. The number of halogens is 1. The highest BCUT2D eigenvalue weighted by Gasteiger charge is 2.19. The van der Waals surface area contributed by atoms with Crippen molar-refractivity contribution in [3.8, 4) is 0 Å². The number of aryl methyl sites for hydroxylation is 1. The summed E-state index contributed by atoms with van der Waals surface area (Å²) in [6, 6.07) is 3.43. The number of nitrogens with zero attached hydrogens (tertiary/aromatic N) is 4. The Hall–Kier alpha value is -2.12. The second-order valence-electron chi connectivity index (χ2n) is 4.20. The fourth-order valence-electron chi connectivity index (χ4n) is 1.88. The van der Waals surface area contributed by atoms with Gasteiger partial charge in [-0.1, -0.05) is 23.4 Å². The largest absolute Gasteiger partial charge is 0.478 e. The Labute approximate surface area is 128 Å². The van der Waals surface area contributed by atoms with Crippen molar-refractivity contribution in [1.82, 2.24) is 19.7 Å². The lowest BCUT2D eigenvalue weighted by atomic mass is 10.2. The lowest BCUT2D eigenvalue weighted by molar-refractivity contribution is 0.0693. The molecule has 0 bridgehead atoms. The predicted molar refractivity (Wildman–Crippen MR) is 78.8 cm³/mol. The van der Waals surface area contributed by atoms with Crippen LogP contribution in [0, 0.1) is 0 Å². The fraction of sp³-hybridized carbons (Fsp3) is 0.0769. The van der Waals surface area contributed by atoms with Gasteiger partial charge in [0.25, 0.3) is 0 Å². The third-order valence-corrected chi connectivity index (χ3v) is 4.45. The molecule has 0 aliphatic rings. The number of aromatic carboxylic acids is 1. The van der Waals surface area contributed by atoms with Gasteiger partial charge in [0.1, 0.15) is 5.03 Å². The highest BCUT2D eigenvalue weighted by Crippen LogP contribution is 2.37. The maximum Gasteiger partial charge on any atom is 0.338 e. The van der Waals surface area contributed by atoms with Gasteiger partial charge in [0, 0.05) is 24.3 Å². The first kappa shape index (κ1) is 13.8. The number of rotatable bonds is 3. The zero-order valence-corrected chi connectivity index (χ0v) is 12.4. The molecule has 0 amide bonds. The lowest BCUT2D eigenvalue weighted by Gasteiger charge is -2.07. The van der Waals surface area contributed by atoms with Crippen LogP contribution in [0.4, 0.5) is 0 Å². The number of carboxylic acid groups (broad SMARTS) is 1. The number of hydrogen-bond donors (Lipinski definition) is 1. The zero-order chi connectivity index (χ0) is 15.0. The smallest absolute Gasteiger partial charge is 0.338 e. The normalized spacial score (nSPS) is 11.0. The molecule has 3 aromatic rings. The van der Waals surface area contributed by atoms with Crippen LogP contribution in [0.3, 0.4) is 0 Å². The number of pyridine rings is 2. The van der Waals surface area contributed by atoms with Crippen molar-refractivity contribution in [2.45, 2.75) is 9.92 Å². The van der Waals surface area contributed by atoms with Crippen molar-refractivity contribution in [3.05, 3.63) is 41.3 Å². The molecule has 0 aliphatic heterocycles. The van der Waals surface area contributed by atoms with E-state index in [-0.39, 0.29) is 5.56 Å². The molecule has 106 valence electrons. The number of fused-ring (bicyclic) bond motifs is 1. The summed E-state index contributed by atoms with van der Waals surface area (Å²) in [5, 5.41) is 15.1. The lowest BCUT2D eigenvalue weighted by Crippen LogP contribution is -2.02. The van der Waals surface area contributed by atoms with Crippen LogP contribution in [-0.4, -0.2) is 30.8 Å². The van der Waals surface area contributed by atoms with E-state index in [1.165, 1.54) is 18.0 Å². The van der Waals surface area contributed by atoms with E-state index in [0.717, 1.165) is 0 Å². The monoisotopic (exact) mass is 320 g/mol. The maximum atomic E-state index is 11.4. The molecule has 0 atom stereocenters. The molecule has 0 spiro atoms. The fourth-order valence-corrected chi connectivity index (χ4v) is 3.09. The van der Waals surface area contributed by atoms with Crippen LogP contribution in [0.5, 0.6) is 0 Å². The number of carbonyl (C=O) groups is 1. The van der Waals surface area contributed by atoms with Gasteiger partial charge < -0.3 is 5.11 Å². The van der Waals surface area contributed by atoms with E-state index in [0.29, 0.717) is 26.0 Å². The Balaban J connectivity index is 2.21. The van der Waals surface area contributed by atoms with Gasteiger partial charge in [-0.2, -0.15) is 5.10 Å². The molecule has 6 nitrogen and oxygen atoms in total. The summed E-state index contributed by atoms with van der Waals surface area (Å²) in [7, 11) is 1.75. The first-order valence-corrected chi connectivity index (χ1v) is 7.09. The molecule has 3 rings (SSSR count). The summed E-state index contributed by atoms with van der Waals surface area (Å²) in [6.45, 7) is 0. The Morgan fingerprint density at radius 2 is 2.19 bits per heavy atom. The molecule has 0 saturated carbocycles.